The molecule has 0 fully saturated rings. The van der Waals surface area contributed by atoms with Crippen molar-refractivity contribution in [1.82, 2.24) is 0 Å². The van der Waals surface area contributed by atoms with E-state index >= 15 is 0 Å². The van der Waals surface area contributed by atoms with Crippen LogP contribution in [0.3, 0.4) is 0 Å². The lowest BCUT2D eigenvalue weighted by Gasteiger charge is -1.69. The van der Waals surface area contributed by atoms with Gasteiger partial charge in [-0.3, -0.25) is 0 Å². The van der Waals surface area contributed by atoms with Crippen molar-refractivity contribution >= 4 is 60.8 Å². The summed E-state index contributed by atoms with van der Waals surface area (Å²) in [5.74, 6) is 0. The van der Waals surface area contributed by atoms with Crippen LogP contribution in [0.4, 0.5) is 0 Å². The van der Waals surface area contributed by atoms with Crippen LogP contribution in [0.15, 0.2) is 109 Å². The first-order chi connectivity index (χ1) is 10.0. The molecule has 0 bridgehead atoms. The summed E-state index contributed by atoms with van der Waals surface area (Å²) in [6.45, 7) is 4.00. The molecular weight excluding hydrogens is 511 g/mol. The van der Waals surface area contributed by atoms with Crippen LogP contribution >= 0.6 is 60.8 Å². The molecule has 0 heterocycles. The van der Waals surface area contributed by atoms with Gasteiger partial charge in [-0.2, -0.15) is 9.90 Å². The summed E-state index contributed by atoms with van der Waals surface area (Å²) in [5.41, 5.74) is 0. The Labute approximate surface area is 183 Å². The molecule has 136 valence electrons. The van der Waals surface area contributed by atoms with E-state index in [1.807, 2.05) is 123 Å². The zero-order valence-electron chi connectivity index (χ0n) is 14.3. The van der Waals surface area contributed by atoms with Crippen LogP contribution in [0.2, 0.25) is 0 Å². The van der Waals surface area contributed by atoms with E-state index in [-0.39, 0.29) is 60.8 Å². The Kier molecular flexibility index (Phi) is 49.3. The Balaban J connectivity index is -0.0000000662. The van der Waals surface area contributed by atoms with E-state index in [2.05, 4.69) is 0 Å². The average Bonchev–Trinajstić information content (AvgIpc) is 2.62. The fourth-order valence-corrected chi connectivity index (χ4v) is 1.15. The average molecular weight is 541 g/mol. The maximum absolute atomic E-state index is 2.00. The maximum atomic E-state index is 2.00. The third-order valence-corrected chi connectivity index (χ3v) is 2.00. The summed E-state index contributed by atoms with van der Waals surface area (Å²) in [7, 11) is 0. The first-order valence-corrected chi connectivity index (χ1v) is 7.00. The molecule has 3 rings (SSSR count). The Bertz CT molecular complexity index is 310. The second-order valence-electron chi connectivity index (χ2n) is 3.46. The van der Waals surface area contributed by atoms with Crippen LogP contribution in [0.1, 0.15) is 13.8 Å². The number of benzene rings is 3. The Morgan fingerprint density at radius 2 is 0.292 bits per heavy atom. The molecule has 0 N–H and O–H groups in total. The fraction of sp³-hybridized carbons (Fsp3) is 0.100. The van der Waals surface area contributed by atoms with E-state index in [1.54, 1.807) is 0 Å². The lowest BCUT2D eigenvalue weighted by Crippen LogP contribution is -1.47. The minimum absolute atomic E-state index is 0. The smallest absolute Gasteiger partial charge is 0.0623 e. The minimum atomic E-state index is 0. The van der Waals surface area contributed by atoms with E-state index in [0.717, 1.165) is 0 Å². The SMILES string of the molecule is Br.Br.Br.CC.P.c1ccccc1.c1ccccc1.c1ccccc1. The van der Waals surface area contributed by atoms with Crippen LogP contribution < -0.4 is 0 Å². The summed E-state index contributed by atoms with van der Waals surface area (Å²) in [6, 6.07) is 36.0. The molecule has 0 saturated heterocycles. The zero-order valence-corrected chi connectivity index (χ0v) is 20.9. The quantitative estimate of drug-likeness (QED) is 0.254. The van der Waals surface area contributed by atoms with Crippen LogP contribution in [-0.2, 0) is 0 Å². The van der Waals surface area contributed by atoms with Crippen molar-refractivity contribution in [3.63, 3.8) is 0 Å². The van der Waals surface area contributed by atoms with E-state index in [0.29, 0.717) is 0 Å². The monoisotopic (exact) mass is 538 g/mol. The standard InChI is InChI=1S/3C6H6.C2H6.3BrH.H3P/c3*1-2-4-6-5-3-1;1-2;;;;/h3*1-6H;1-2H3;3*1H;1H3. The lowest BCUT2D eigenvalue weighted by atomic mass is 10.4. The van der Waals surface area contributed by atoms with Gasteiger partial charge < -0.3 is 0 Å². The first-order valence-electron chi connectivity index (χ1n) is 7.00. The molecule has 0 aliphatic rings. The van der Waals surface area contributed by atoms with Gasteiger partial charge in [0, 0.05) is 0 Å². The van der Waals surface area contributed by atoms with Gasteiger partial charge in [0.2, 0.25) is 0 Å². The molecule has 4 heteroatoms. The molecule has 3 aromatic carbocycles. The molecule has 0 amide bonds. The van der Waals surface area contributed by atoms with Gasteiger partial charge >= 0.3 is 0 Å². The van der Waals surface area contributed by atoms with E-state index in [4.69, 9.17) is 0 Å². The maximum Gasteiger partial charge on any atom is -0.0623 e. The number of halogens is 3. The van der Waals surface area contributed by atoms with Crippen LogP contribution in [0, 0.1) is 0 Å². The summed E-state index contributed by atoms with van der Waals surface area (Å²) in [6.07, 6.45) is 0. The normalized spacial score (nSPS) is 6.25. The Morgan fingerprint density at radius 1 is 0.250 bits per heavy atom. The van der Waals surface area contributed by atoms with Crippen molar-refractivity contribution in [2.45, 2.75) is 13.8 Å². The highest BCUT2D eigenvalue weighted by Crippen LogP contribution is 1.81. The topological polar surface area (TPSA) is 0 Å². The summed E-state index contributed by atoms with van der Waals surface area (Å²) in [5, 5.41) is 0. The molecule has 1 atom stereocenters. The second-order valence-corrected chi connectivity index (χ2v) is 3.46. The third-order valence-electron chi connectivity index (χ3n) is 2.00. The zero-order chi connectivity index (χ0) is 14.7. The van der Waals surface area contributed by atoms with E-state index < -0.39 is 0 Å². The van der Waals surface area contributed by atoms with E-state index in [9.17, 15) is 0 Å². The molecular formula is C20H30Br3P. The Morgan fingerprint density at radius 3 is 0.333 bits per heavy atom. The van der Waals surface area contributed by atoms with Crippen molar-refractivity contribution in [3.05, 3.63) is 109 Å². The molecule has 0 aromatic heterocycles. The van der Waals surface area contributed by atoms with Crippen LogP contribution in [0.5, 0.6) is 0 Å². The molecule has 1 unspecified atom stereocenters. The highest BCUT2D eigenvalue weighted by atomic mass is 79.9. The van der Waals surface area contributed by atoms with Gasteiger partial charge in [0.15, 0.2) is 0 Å². The van der Waals surface area contributed by atoms with Gasteiger partial charge in [0.25, 0.3) is 0 Å². The predicted molar refractivity (Wildman–Crippen MR) is 133 cm³/mol. The minimum Gasteiger partial charge on any atom is -0.153 e. The van der Waals surface area contributed by atoms with Crippen molar-refractivity contribution in [3.8, 4) is 0 Å². The highest BCUT2D eigenvalue weighted by molar-refractivity contribution is 8.93. The lowest BCUT2D eigenvalue weighted by molar-refractivity contribution is 1.50. The molecule has 0 saturated carbocycles. The summed E-state index contributed by atoms with van der Waals surface area (Å²) < 4.78 is 0. The third kappa shape index (κ3) is 29.5. The van der Waals surface area contributed by atoms with E-state index in [1.165, 1.54) is 0 Å². The molecule has 0 aliphatic carbocycles. The number of hydrogen-bond acceptors (Lipinski definition) is 0. The van der Waals surface area contributed by atoms with Gasteiger partial charge in [0.1, 0.15) is 0 Å². The highest BCUT2D eigenvalue weighted by Gasteiger charge is 1.59. The van der Waals surface area contributed by atoms with Crippen LogP contribution in [-0.4, -0.2) is 0 Å². The largest absolute Gasteiger partial charge is 0.153 e. The van der Waals surface area contributed by atoms with Gasteiger partial charge in [-0.1, -0.05) is 123 Å². The number of hydrogen-bond donors (Lipinski definition) is 0. The van der Waals surface area contributed by atoms with Crippen molar-refractivity contribution < 1.29 is 0 Å². The molecule has 0 spiro atoms. The fourth-order valence-electron chi connectivity index (χ4n) is 1.15. The predicted octanol–water partition coefficient (Wildman–Crippen LogP) is 7.88. The van der Waals surface area contributed by atoms with Crippen molar-refractivity contribution in [2.75, 3.05) is 0 Å². The van der Waals surface area contributed by atoms with Gasteiger partial charge in [-0.25, -0.2) is 0 Å². The number of rotatable bonds is 0. The Hall–Kier alpha value is -0.470. The first kappa shape index (κ1) is 34.8. The summed E-state index contributed by atoms with van der Waals surface area (Å²) in [4.78, 5) is 0. The second kappa shape index (κ2) is 34.0. The van der Waals surface area contributed by atoms with Gasteiger partial charge in [-0.15, -0.1) is 50.9 Å². The molecule has 0 aliphatic heterocycles. The van der Waals surface area contributed by atoms with Crippen LogP contribution in [0.25, 0.3) is 0 Å². The molecule has 0 nitrogen and oxygen atoms in total. The van der Waals surface area contributed by atoms with Crippen molar-refractivity contribution in [2.24, 2.45) is 0 Å². The molecule has 0 radical (unpaired) electrons. The molecule has 3 aromatic rings. The van der Waals surface area contributed by atoms with Gasteiger partial charge in [-0.05, 0) is 0 Å². The van der Waals surface area contributed by atoms with Gasteiger partial charge in [0.05, 0.1) is 0 Å². The molecule has 24 heavy (non-hydrogen) atoms. The van der Waals surface area contributed by atoms with Crippen molar-refractivity contribution in [1.29, 1.82) is 0 Å². The summed E-state index contributed by atoms with van der Waals surface area (Å²) >= 11 is 0.